The minimum atomic E-state index is -0.769. The fourth-order valence-electron chi connectivity index (χ4n) is 2.62. The molecule has 0 saturated heterocycles. The highest BCUT2D eigenvalue weighted by Crippen LogP contribution is 2.32. The number of hydrogen-bond acceptors (Lipinski definition) is 4. The molecule has 0 bridgehead atoms. The molecule has 122 valence electrons. The summed E-state index contributed by atoms with van der Waals surface area (Å²) in [6.45, 7) is 6.63. The second kappa shape index (κ2) is 6.67. The maximum atomic E-state index is 12.6. The van der Waals surface area contributed by atoms with E-state index < -0.39 is 11.5 Å². The number of nitrogens with one attached hydrogen (secondary N) is 1. The molecular weight excluding hydrogens is 280 g/mol. The predicted molar refractivity (Wildman–Crippen MR) is 88.2 cm³/mol. The van der Waals surface area contributed by atoms with Gasteiger partial charge in [-0.05, 0) is 36.6 Å². The number of benzene rings is 1. The lowest BCUT2D eigenvalue weighted by molar-refractivity contribution is -0.125. The molecule has 1 amide bonds. The summed E-state index contributed by atoms with van der Waals surface area (Å²) in [5, 5.41) is 21.3. The Kier molecular flexibility index (Phi) is 5.08. The summed E-state index contributed by atoms with van der Waals surface area (Å²) < 4.78 is 0. The third-order valence-corrected chi connectivity index (χ3v) is 3.84. The lowest BCUT2D eigenvalue weighted by Gasteiger charge is -2.34. The van der Waals surface area contributed by atoms with Gasteiger partial charge in [-0.3, -0.25) is 4.79 Å². The molecule has 1 heterocycles. The van der Waals surface area contributed by atoms with Gasteiger partial charge in [0.15, 0.2) is 0 Å². The van der Waals surface area contributed by atoms with Crippen molar-refractivity contribution in [3.63, 3.8) is 0 Å². The van der Waals surface area contributed by atoms with Crippen LogP contribution in [0.25, 0.3) is 0 Å². The molecule has 3 N–H and O–H groups in total. The standard InChI is InChI=1S/C17H26N2O3/c1-17(2,3)16(22)19-8-4-5-12-9-13(6-7-15(12)19)18-10-14(21)11-20/h6-7,9,14,18,20-21H,4-5,8,10-11H2,1-3H3. The van der Waals surface area contributed by atoms with Crippen molar-refractivity contribution in [3.8, 4) is 0 Å². The molecular formula is C17H26N2O3. The zero-order valence-corrected chi connectivity index (χ0v) is 13.6. The van der Waals surface area contributed by atoms with Crippen LogP contribution in [0.3, 0.4) is 0 Å². The van der Waals surface area contributed by atoms with Gasteiger partial charge in [0.1, 0.15) is 0 Å². The SMILES string of the molecule is CC(C)(C)C(=O)N1CCCc2cc(NCC(O)CO)ccc21. The van der Waals surface area contributed by atoms with E-state index in [0.717, 1.165) is 36.3 Å². The molecule has 1 aromatic rings. The maximum absolute atomic E-state index is 12.6. The van der Waals surface area contributed by atoms with E-state index in [2.05, 4.69) is 5.32 Å². The molecule has 0 fully saturated rings. The monoisotopic (exact) mass is 306 g/mol. The highest BCUT2D eigenvalue weighted by atomic mass is 16.3. The zero-order chi connectivity index (χ0) is 16.3. The van der Waals surface area contributed by atoms with Crippen LogP contribution in [0, 0.1) is 5.41 Å². The van der Waals surface area contributed by atoms with Crippen LogP contribution in [0.15, 0.2) is 18.2 Å². The Bertz CT molecular complexity index is 537. The highest BCUT2D eigenvalue weighted by molar-refractivity contribution is 5.98. The van der Waals surface area contributed by atoms with E-state index in [1.54, 1.807) is 0 Å². The number of carbonyl (C=O) groups is 1. The van der Waals surface area contributed by atoms with E-state index in [4.69, 9.17) is 5.11 Å². The Hall–Kier alpha value is -1.59. The molecule has 0 spiro atoms. The number of aryl methyl sites for hydroxylation is 1. The molecule has 1 aliphatic heterocycles. The molecule has 0 aliphatic carbocycles. The van der Waals surface area contributed by atoms with Crippen LogP contribution in [-0.2, 0) is 11.2 Å². The quantitative estimate of drug-likeness (QED) is 0.793. The van der Waals surface area contributed by atoms with Crippen LogP contribution >= 0.6 is 0 Å². The topological polar surface area (TPSA) is 72.8 Å². The number of hydrogen-bond donors (Lipinski definition) is 3. The summed E-state index contributed by atoms with van der Waals surface area (Å²) in [5.74, 6) is 0.143. The summed E-state index contributed by atoms with van der Waals surface area (Å²) >= 11 is 0. The number of nitrogens with zero attached hydrogens (tertiary/aromatic N) is 1. The number of aliphatic hydroxyl groups excluding tert-OH is 2. The summed E-state index contributed by atoms with van der Waals surface area (Å²) in [6.07, 6.45) is 1.13. The third-order valence-electron chi connectivity index (χ3n) is 3.84. The summed E-state index contributed by atoms with van der Waals surface area (Å²) in [4.78, 5) is 14.5. The molecule has 1 atom stereocenters. The average Bonchev–Trinajstić information content (AvgIpc) is 2.50. The fraction of sp³-hybridized carbons (Fsp3) is 0.588. The third kappa shape index (κ3) is 3.78. The number of fused-ring (bicyclic) bond motifs is 1. The highest BCUT2D eigenvalue weighted by Gasteiger charge is 2.30. The van der Waals surface area contributed by atoms with E-state index >= 15 is 0 Å². The number of aliphatic hydroxyl groups is 2. The van der Waals surface area contributed by atoms with Gasteiger partial charge in [0.05, 0.1) is 12.7 Å². The van der Waals surface area contributed by atoms with E-state index in [1.165, 1.54) is 0 Å². The molecule has 1 unspecified atom stereocenters. The van der Waals surface area contributed by atoms with Crippen LogP contribution in [0.5, 0.6) is 0 Å². The van der Waals surface area contributed by atoms with Gasteiger partial charge in [-0.1, -0.05) is 20.8 Å². The molecule has 1 aromatic carbocycles. The van der Waals surface area contributed by atoms with E-state index in [0.29, 0.717) is 6.54 Å². The largest absolute Gasteiger partial charge is 0.394 e. The Morgan fingerprint density at radius 1 is 1.41 bits per heavy atom. The fourth-order valence-corrected chi connectivity index (χ4v) is 2.62. The minimum absolute atomic E-state index is 0.143. The van der Waals surface area contributed by atoms with Crippen LogP contribution in [0.1, 0.15) is 32.8 Å². The smallest absolute Gasteiger partial charge is 0.232 e. The normalized spacial score (nSPS) is 16.1. The average molecular weight is 306 g/mol. The van der Waals surface area contributed by atoms with Crippen molar-refractivity contribution in [2.75, 3.05) is 29.9 Å². The van der Waals surface area contributed by atoms with Gasteiger partial charge >= 0.3 is 0 Å². The number of anilines is 2. The minimum Gasteiger partial charge on any atom is -0.394 e. The first-order chi connectivity index (χ1) is 10.3. The lowest BCUT2D eigenvalue weighted by Crippen LogP contribution is -2.42. The van der Waals surface area contributed by atoms with Crippen LogP contribution < -0.4 is 10.2 Å². The van der Waals surface area contributed by atoms with E-state index in [-0.39, 0.29) is 12.5 Å². The van der Waals surface area contributed by atoms with Crippen molar-refractivity contribution >= 4 is 17.3 Å². The lowest BCUT2D eigenvalue weighted by atomic mass is 9.92. The van der Waals surface area contributed by atoms with Crippen LogP contribution in [0.4, 0.5) is 11.4 Å². The Balaban J connectivity index is 2.18. The van der Waals surface area contributed by atoms with Crippen molar-refractivity contribution in [1.82, 2.24) is 0 Å². The molecule has 5 heteroatoms. The first kappa shape index (κ1) is 16.8. The predicted octanol–water partition coefficient (Wildman–Crippen LogP) is 1.78. The van der Waals surface area contributed by atoms with Gasteiger partial charge in [0.2, 0.25) is 5.91 Å². The van der Waals surface area contributed by atoms with Gasteiger partial charge in [0, 0.05) is 29.9 Å². The van der Waals surface area contributed by atoms with Crippen LogP contribution in [-0.4, -0.2) is 41.9 Å². The Labute approximate surface area is 131 Å². The van der Waals surface area contributed by atoms with Crippen molar-refractivity contribution in [2.24, 2.45) is 5.41 Å². The van der Waals surface area contributed by atoms with E-state index in [1.807, 2.05) is 43.9 Å². The van der Waals surface area contributed by atoms with Gasteiger partial charge in [0.25, 0.3) is 0 Å². The molecule has 0 saturated carbocycles. The van der Waals surface area contributed by atoms with Gasteiger partial charge in [-0.25, -0.2) is 0 Å². The number of carbonyl (C=O) groups excluding carboxylic acids is 1. The number of rotatable bonds is 4. The molecule has 1 aliphatic rings. The van der Waals surface area contributed by atoms with Crippen molar-refractivity contribution in [3.05, 3.63) is 23.8 Å². The number of amides is 1. The van der Waals surface area contributed by atoms with E-state index in [9.17, 15) is 9.90 Å². The molecule has 22 heavy (non-hydrogen) atoms. The maximum Gasteiger partial charge on any atom is 0.232 e. The van der Waals surface area contributed by atoms with Crippen molar-refractivity contribution in [1.29, 1.82) is 0 Å². The Morgan fingerprint density at radius 3 is 2.77 bits per heavy atom. The van der Waals surface area contributed by atoms with Crippen LogP contribution in [0.2, 0.25) is 0 Å². The summed E-state index contributed by atoms with van der Waals surface area (Å²) in [5.41, 5.74) is 2.64. The molecule has 0 aromatic heterocycles. The van der Waals surface area contributed by atoms with Gasteiger partial charge in [-0.15, -0.1) is 0 Å². The van der Waals surface area contributed by atoms with Gasteiger partial charge in [-0.2, -0.15) is 0 Å². The second-order valence-corrected chi connectivity index (χ2v) is 6.87. The van der Waals surface area contributed by atoms with Crippen molar-refractivity contribution < 1.29 is 15.0 Å². The van der Waals surface area contributed by atoms with Crippen molar-refractivity contribution in [2.45, 2.75) is 39.7 Å². The Morgan fingerprint density at radius 2 is 2.14 bits per heavy atom. The summed E-state index contributed by atoms with van der Waals surface area (Å²) in [6, 6.07) is 5.91. The first-order valence-corrected chi connectivity index (χ1v) is 7.80. The summed E-state index contributed by atoms with van der Waals surface area (Å²) in [7, 11) is 0. The van der Waals surface area contributed by atoms with Gasteiger partial charge < -0.3 is 20.4 Å². The molecule has 5 nitrogen and oxygen atoms in total. The molecule has 0 radical (unpaired) electrons. The molecule has 2 rings (SSSR count). The second-order valence-electron chi connectivity index (χ2n) is 6.87. The zero-order valence-electron chi connectivity index (χ0n) is 13.6. The first-order valence-electron chi connectivity index (χ1n) is 7.80.